The predicted molar refractivity (Wildman–Crippen MR) is 137 cm³/mol. The Kier molecular flexibility index (Phi) is 8.60. The second-order valence-electron chi connectivity index (χ2n) is 9.07. The fourth-order valence-electron chi connectivity index (χ4n) is 4.28. The highest BCUT2D eigenvalue weighted by atomic mass is 35.5. The van der Waals surface area contributed by atoms with Gasteiger partial charge in [-0.25, -0.2) is 8.42 Å². The standard InChI is InChI=1S/C27H28ClF3N2O3S/c1-20-3-2-4-21(17-20)19-36-26(22-5-9-24(28)10-6-22)18-32-13-15-33(16-14-32)37(34,35)25-11-7-23(8-12-25)27(29,30)31/h2-12,17,26H,13-16,18-19H2,1H3/t26-/m1/s1. The summed E-state index contributed by atoms with van der Waals surface area (Å²) in [5.41, 5.74) is 2.30. The molecule has 1 aliphatic heterocycles. The molecule has 1 saturated heterocycles. The van der Waals surface area contributed by atoms with Gasteiger partial charge in [-0.1, -0.05) is 53.6 Å². The van der Waals surface area contributed by atoms with E-state index < -0.39 is 21.8 Å². The van der Waals surface area contributed by atoms with Gasteiger partial charge in [0.25, 0.3) is 0 Å². The number of benzene rings is 3. The molecule has 0 amide bonds. The second kappa shape index (κ2) is 11.5. The van der Waals surface area contributed by atoms with Gasteiger partial charge in [-0.2, -0.15) is 17.5 Å². The van der Waals surface area contributed by atoms with Gasteiger partial charge < -0.3 is 4.74 Å². The number of nitrogens with zero attached hydrogens (tertiary/aromatic N) is 2. The highest BCUT2D eigenvalue weighted by Gasteiger charge is 2.33. The lowest BCUT2D eigenvalue weighted by molar-refractivity contribution is -0.137. The molecule has 3 aromatic carbocycles. The van der Waals surface area contributed by atoms with Crippen LogP contribution in [0, 0.1) is 6.92 Å². The van der Waals surface area contributed by atoms with Gasteiger partial charge in [0, 0.05) is 37.7 Å². The number of sulfonamides is 1. The first-order valence-electron chi connectivity index (χ1n) is 11.8. The number of ether oxygens (including phenoxy) is 1. The third kappa shape index (κ3) is 7.12. The Bertz CT molecular complexity index is 1290. The molecule has 0 saturated carbocycles. The number of halogens is 4. The minimum absolute atomic E-state index is 0.144. The predicted octanol–water partition coefficient (Wildman–Crippen LogP) is 5.93. The molecule has 198 valence electrons. The number of hydrogen-bond acceptors (Lipinski definition) is 4. The smallest absolute Gasteiger partial charge is 0.368 e. The van der Waals surface area contributed by atoms with E-state index in [9.17, 15) is 21.6 Å². The first-order chi connectivity index (χ1) is 17.5. The second-order valence-corrected chi connectivity index (χ2v) is 11.4. The van der Waals surface area contributed by atoms with Crippen LogP contribution in [0.15, 0.2) is 77.7 Å². The zero-order chi connectivity index (χ0) is 26.6. The molecule has 0 unspecified atom stereocenters. The third-order valence-corrected chi connectivity index (χ3v) is 8.52. The van der Waals surface area contributed by atoms with Gasteiger partial charge in [0.15, 0.2) is 0 Å². The van der Waals surface area contributed by atoms with Crippen LogP contribution in [0.2, 0.25) is 5.02 Å². The summed E-state index contributed by atoms with van der Waals surface area (Å²) < 4.78 is 72.2. The maximum atomic E-state index is 13.0. The lowest BCUT2D eigenvalue weighted by Crippen LogP contribution is -2.49. The number of rotatable bonds is 8. The fraction of sp³-hybridized carbons (Fsp3) is 0.333. The fourth-order valence-corrected chi connectivity index (χ4v) is 5.83. The van der Waals surface area contributed by atoms with Gasteiger partial charge in [-0.3, -0.25) is 4.90 Å². The summed E-state index contributed by atoms with van der Waals surface area (Å²) in [5, 5.41) is 0.628. The highest BCUT2D eigenvalue weighted by molar-refractivity contribution is 7.89. The van der Waals surface area contributed by atoms with Crippen molar-refractivity contribution in [2.75, 3.05) is 32.7 Å². The maximum absolute atomic E-state index is 13.0. The van der Waals surface area contributed by atoms with Gasteiger partial charge in [-0.05, 0) is 54.4 Å². The molecule has 0 aliphatic carbocycles. The number of hydrogen-bond donors (Lipinski definition) is 0. The SMILES string of the molecule is Cc1cccc(CO[C@H](CN2CCN(S(=O)(=O)c3ccc(C(F)(F)F)cc3)CC2)c2ccc(Cl)cc2)c1. The summed E-state index contributed by atoms with van der Waals surface area (Å²) in [5.74, 6) is 0. The van der Waals surface area contributed by atoms with Gasteiger partial charge >= 0.3 is 6.18 Å². The summed E-state index contributed by atoms with van der Waals surface area (Å²) in [6.45, 7) is 4.41. The van der Waals surface area contributed by atoms with Gasteiger partial charge in [-0.15, -0.1) is 0 Å². The lowest BCUT2D eigenvalue weighted by Gasteiger charge is -2.36. The van der Waals surface area contributed by atoms with E-state index in [0.29, 0.717) is 31.3 Å². The van der Waals surface area contributed by atoms with Crippen molar-refractivity contribution >= 4 is 21.6 Å². The van der Waals surface area contributed by atoms with E-state index in [4.69, 9.17) is 16.3 Å². The van der Waals surface area contributed by atoms with Crippen molar-refractivity contribution in [2.24, 2.45) is 0 Å². The molecule has 0 bridgehead atoms. The topological polar surface area (TPSA) is 49.9 Å². The van der Waals surface area contributed by atoms with Crippen LogP contribution >= 0.6 is 11.6 Å². The van der Waals surface area contributed by atoms with Gasteiger partial charge in [0.1, 0.15) is 0 Å². The van der Waals surface area contributed by atoms with E-state index in [1.165, 1.54) is 4.31 Å². The number of alkyl halides is 3. The third-order valence-electron chi connectivity index (χ3n) is 6.35. The molecule has 1 aliphatic rings. The van der Waals surface area contributed by atoms with Crippen molar-refractivity contribution < 1.29 is 26.3 Å². The first-order valence-corrected chi connectivity index (χ1v) is 13.7. The lowest BCUT2D eigenvalue weighted by atomic mass is 10.1. The molecular weight excluding hydrogens is 525 g/mol. The van der Waals surface area contributed by atoms with Crippen LogP contribution < -0.4 is 0 Å². The summed E-state index contributed by atoms with van der Waals surface area (Å²) in [7, 11) is -3.89. The molecule has 1 fully saturated rings. The first kappa shape index (κ1) is 27.6. The minimum Gasteiger partial charge on any atom is -0.368 e. The molecule has 4 rings (SSSR count). The summed E-state index contributed by atoms with van der Waals surface area (Å²) in [6.07, 6.45) is -4.77. The Balaban J connectivity index is 1.41. The molecule has 0 N–H and O–H groups in total. The van der Waals surface area contributed by atoms with Gasteiger partial charge in [0.2, 0.25) is 10.0 Å². The molecule has 10 heteroatoms. The Morgan fingerprint density at radius 3 is 2.19 bits per heavy atom. The van der Waals surface area contributed by atoms with E-state index >= 15 is 0 Å². The van der Waals surface area contributed by atoms with E-state index in [1.54, 1.807) is 0 Å². The molecule has 5 nitrogen and oxygen atoms in total. The number of aryl methyl sites for hydroxylation is 1. The van der Waals surface area contributed by atoms with E-state index in [-0.39, 0.29) is 24.1 Å². The molecule has 1 atom stereocenters. The van der Waals surface area contributed by atoms with E-state index in [2.05, 4.69) is 11.0 Å². The number of piperazine rings is 1. The van der Waals surface area contributed by atoms with E-state index in [1.807, 2.05) is 49.4 Å². The maximum Gasteiger partial charge on any atom is 0.416 e. The van der Waals surface area contributed by atoms with Crippen LogP contribution in [0.4, 0.5) is 13.2 Å². The summed E-state index contributed by atoms with van der Waals surface area (Å²) >= 11 is 6.07. The van der Waals surface area contributed by atoms with Crippen LogP contribution in [-0.2, 0) is 27.5 Å². The zero-order valence-electron chi connectivity index (χ0n) is 20.3. The Morgan fingerprint density at radius 1 is 0.946 bits per heavy atom. The van der Waals surface area contributed by atoms with Crippen LogP contribution in [-0.4, -0.2) is 50.3 Å². The van der Waals surface area contributed by atoms with Crippen LogP contribution in [0.3, 0.4) is 0 Å². The van der Waals surface area contributed by atoms with Crippen molar-refractivity contribution in [3.8, 4) is 0 Å². The summed E-state index contributed by atoms with van der Waals surface area (Å²) in [4.78, 5) is 1.99. The van der Waals surface area contributed by atoms with Gasteiger partial charge in [0.05, 0.1) is 23.2 Å². The van der Waals surface area contributed by atoms with Crippen molar-refractivity contribution in [3.63, 3.8) is 0 Å². The summed E-state index contributed by atoms with van der Waals surface area (Å²) in [6, 6.07) is 19.2. The molecule has 37 heavy (non-hydrogen) atoms. The van der Waals surface area contributed by atoms with Crippen molar-refractivity contribution in [1.29, 1.82) is 0 Å². The Hall–Kier alpha value is -2.43. The molecular formula is C27H28ClF3N2O3S. The largest absolute Gasteiger partial charge is 0.416 e. The average molecular weight is 553 g/mol. The zero-order valence-corrected chi connectivity index (χ0v) is 21.9. The molecule has 0 radical (unpaired) electrons. The van der Waals surface area contributed by atoms with Crippen LogP contribution in [0.1, 0.15) is 28.4 Å². The molecule has 1 heterocycles. The quantitative estimate of drug-likeness (QED) is 0.347. The molecule has 0 spiro atoms. The van der Waals surface area contributed by atoms with Crippen molar-refractivity contribution in [3.05, 3.63) is 100 Å². The highest BCUT2D eigenvalue weighted by Crippen LogP contribution is 2.30. The minimum atomic E-state index is -4.52. The van der Waals surface area contributed by atoms with Crippen LogP contribution in [0.25, 0.3) is 0 Å². The van der Waals surface area contributed by atoms with Crippen molar-refractivity contribution in [2.45, 2.75) is 30.7 Å². The average Bonchev–Trinajstić information content (AvgIpc) is 2.87. The normalized spacial score (nSPS) is 16.6. The van der Waals surface area contributed by atoms with Crippen molar-refractivity contribution in [1.82, 2.24) is 9.21 Å². The van der Waals surface area contributed by atoms with Crippen LogP contribution in [0.5, 0.6) is 0 Å². The monoisotopic (exact) mass is 552 g/mol. The Morgan fingerprint density at radius 2 is 1.59 bits per heavy atom. The molecule has 0 aromatic heterocycles. The van der Waals surface area contributed by atoms with E-state index in [0.717, 1.165) is 41.0 Å². The Labute approximate surface area is 220 Å². The molecule has 3 aromatic rings.